The molecule has 0 amide bonds. The molecule has 0 saturated carbocycles. The molecule has 0 unspecified atom stereocenters. The van der Waals surface area contributed by atoms with Crippen molar-refractivity contribution in [2.45, 2.75) is 27.2 Å². The highest BCUT2D eigenvalue weighted by atomic mass is 32.1. The van der Waals surface area contributed by atoms with Gasteiger partial charge in [-0.05, 0) is 77.8 Å². The summed E-state index contributed by atoms with van der Waals surface area (Å²) in [5, 5.41) is 13.8. The number of rotatable bonds is 9. The number of thiophene rings is 2. The molecule has 0 radical (unpaired) electrons. The van der Waals surface area contributed by atoms with Crippen LogP contribution < -0.4 is 0 Å². The zero-order chi connectivity index (χ0) is 31.5. The van der Waals surface area contributed by atoms with Crippen LogP contribution in [-0.4, -0.2) is 33.7 Å². The van der Waals surface area contributed by atoms with Gasteiger partial charge in [0.2, 0.25) is 5.78 Å². The van der Waals surface area contributed by atoms with E-state index in [9.17, 15) is 14.4 Å². The van der Waals surface area contributed by atoms with Gasteiger partial charge in [-0.15, -0.1) is 22.7 Å². The summed E-state index contributed by atoms with van der Waals surface area (Å²) in [7, 11) is 0. The van der Waals surface area contributed by atoms with Crippen molar-refractivity contribution in [3.63, 3.8) is 0 Å². The number of aromatic nitrogens is 1. The molecule has 0 saturated heterocycles. The van der Waals surface area contributed by atoms with Gasteiger partial charge >= 0.3 is 11.9 Å². The van der Waals surface area contributed by atoms with Crippen LogP contribution in [0.4, 0.5) is 0 Å². The fourth-order valence-corrected chi connectivity index (χ4v) is 6.49. The molecule has 0 spiro atoms. The lowest BCUT2D eigenvalue weighted by molar-refractivity contribution is -0.141. The minimum atomic E-state index is -0.496. The Morgan fingerprint density at radius 1 is 0.689 bits per heavy atom. The third-order valence-electron chi connectivity index (χ3n) is 7.17. The van der Waals surface area contributed by atoms with Gasteiger partial charge in [0.05, 0.1) is 27.3 Å². The number of benzene rings is 3. The van der Waals surface area contributed by atoms with E-state index >= 15 is 0 Å². The maximum Gasteiger partial charge on any atom is 0.331 e. The van der Waals surface area contributed by atoms with Crippen LogP contribution in [0.15, 0.2) is 106 Å². The highest BCUT2D eigenvalue weighted by molar-refractivity contribution is 7.12. The quantitative estimate of drug-likeness (QED) is 0.0697. The van der Waals surface area contributed by atoms with Crippen molar-refractivity contribution in [2.75, 3.05) is 0 Å². The molecule has 8 nitrogen and oxygen atoms in total. The van der Waals surface area contributed by atoms with E-state index in [2.05, 4.69) is 14.9 Å². The first-order valence-electron chi connectivity index (χ1n) is 14.0. The summed E-state index contributed by atoms with van der Waals surface area (Å²) in [5.74, 6) is -1.01. The van der Waals surface area contributed by atoms with Crippen LogP contribution >= 0.6 is 22.7 Å². The fourth-order valence-electron chi connectivity index (χ4n) is 5.09. The lowest BCUT2D eigenvalue weighted by Gasteiger charge is -2.10. The summed E-state index contributed by atoms with van der Waals surface area (Å²) >= 11 is 3.02. The molecular formula is C35H27N3O5S2. The number of fused-ring (bicyclic) bond motifs is 3. The summed E-state index contributed by atoms with van der Waals surface area (Å²) in [6, 6.07) is 27.3. The molecule has 3 aromatic carbocycles. The molecule has 6 aromatic rings. The van der Waals surface area contributed by atoms with Gasteiger partial charge in [-0.1, -0.05) is 40.6 Å². The maximum atomic E-state index is 13.4. The highest BCUT2D eigenvalue weighted by Crippen LogP contribution is 2.34. The Balaban J connectivity index is 1.51. The third kappa shape index (κ3) is 6.38. The van der Waals surface area contributed by atoms with E-state index in [0.29, 0.717) is 28.3 Å². The second-order valence-corrected chi connectivity index (χ2v) is 12.3. The van der Waals surface area contributed by atoms with Gasteiger partial charge in [-0.2, -0.15) is 0 Å². The van der Waals surface area contributed by atoms with Crippen LogP contribution in [0.5, 0.6) is 0 Å². The molecule has 0 aliphatic heterocycles. The average molecular weight is 634 g/mol. The van der Waals surface area contributed by atoms with Crippen molar-refractivity contribution in [3.8, 4) is 5.69 Å². The Bertz CT molecular complexity index is 2110. The minimum absolute atomic E-state index is 0.0364. The summed E-state index contributed by atoms with van der Waals surface area (Å²) in [5.41, 5.74) is 6.14. The Morgan fingerprint density at radius 3 is 1.91 bits per heavy atom. The first kappa shape index (κ1) is 29.9. The normalized spacial score (nSPS) is 12.1. The molecule has 0 fully saturated rings. The first-order valence-corrected chi connectivity index (χ1v) is 15.8. The van der Waals surface area contributed by atoms with Crippen molar-refractivity contribution in [1.82, 2.24) is 4.57 Å². The summed E-state index contributed by atoms with van der Waals surface area (Å²) in [6.45, 7) is 4.40. The Morgan fingerprint density at radius 2 is 1.29 bits per heavy atom. The van der Waals surface area contributed by atoms with Crippen molar-refractivity contribution < 1.29 is 24.1 Å². The predicted octanol–water partition coefficient (Wildman–Crippen LogP) is 7.93. The lowest BCUT2D eigenvalue weighted by Crippen LogP contribution is -2.07. The maximum absolute atomic E-state index is 13.4. The average Bonchev–Trinajstić information content (AvgIpc) is 3.82. The lowest BCUT2D eigenvalue weighted by atomic mass is 10.0. The molecule has 3 aromatic heterocycles. The van der Waals surface area contributed by atoms with Gasteiger partial charge in [0, 0.05) is 52.7 Å². The number of hydrogen-bond donors (Lipinski definition) is 0. The summed E-state index contributed by atoms with van der Waals surface area (Å²) < 4.78 is 2.14. The molecule has 0 bridgehead atoms. The van der Waals surface area contributed by atoms with Gasteiger partial charge in [0.15, 0.2) is 0 Å². The standard InChI is InChI=1S/C35H27N3O5S2/c1-21(36-42-22(2)39)24-8-12-27(13-9-24)38-32-14-10-25(31(37-43-23(3)40)20-28-6-4-16-44-28)18-29(32)30-19-26(11-15-33(30)38)35(41)34-7-5-17-45-34/h4-19H,20H2,1-3H3/b36-21?,37-31+. The molecule has 0 aliphatic rings. The van der Waals surface area contributed by atoms with E-state index in [4.69, 9.17) is 9.68 Å². The van der Waals surface area contributed by atoms with Crippen LogP contribution in [0.1, 0.15) is 52.0 Å². The number of ketones is 1. The Kier molecular flexibility index (Phi) is 8.50. The van der Waals surface area contributed by atoms with Gasteiger partial charge in [0.1, 0.15) is 0 Å². The van der Waals surface area contributed by atoms with Crippen LogP contribution in [0.25, 0.3) is 27.5 Å². The second-order valence-electron chi connectivity index (χ2n) is 10.3. The zero-order valence-corrected chi connectivity index (χ0v) is 26.3. The van der Waals surface area contributed by atoms with Crippen molar-refractivity contribution in [2.24, 2.45) is 10.3 Å². The van der Waals surface area contributed by atoms with Gasteiger partial charge < -0.3 is 14.2 Å². The molecule has 10 heteroatoms. The Hall–Kier alpha value is -5.19. The first-order chi connectivity index (χ1) is 21.8. The van der Waals surface area contributed by atoms with Crippen LogP contribution in [0, 0.1) is 0 Å². The monoisotopic (exact) mass is 633 g/mol. The van der Waals surface area contributed by atoms with E-state index < -0.39 is 11.9 Å². The number of carbonyl (C=O) groups excluding carboxylic acids is 3. The van der Waals surface area contributed by atoms with E-state index in [1.54, 1.807) is 18.3 Å². The third-order valence-corrected chi connectivity index (χ3v) is 8.91. The van der Waals surface area contributed by atoms with Gasteiger partial charge in [0.25, 0.3) is 0 Å². The number of carbonyl (C=O) groups is 3. The summed E-state index contributed by atoms with van der Waals surface area (Å²) in [4.78, 5) is 47.9. The summed E-state index contributed by atoms with van der Waals surface area (Å²) in [6.07, 6.45) is 0.493. The van der Waals surface area contributed by atoms with E-state index in [1.807, 2.05) is 95.7 Å². The fraction of sp³-hybridized carbons (Fsp3) is 0.114. The number of oxime groups is 2. The molecule has 224 valence electrons. The van der Waals surface area contributed by atoms with Gasteiger partial charge in [-0.25, -0.2) is 9.59 Å². The number of hydrogen-bond acceptors (Lipinski definition) is 9. The molecule has 0 N–H and O–H groups in total. The molecule has 45 heavy (non-hydrogen) atoms. The van der Waals surface area contributed by atoms with Crippen molar-refractivity contribution in [1.29, 1.82) is 0 Å². The van der Waals surface area contributed by atoms with Crippen LogP contribution in [0.3, 0.4) is 0 Å². The van der Waals surface area contributed by atoms with Crippen LogP contribution in [0.2, 0.25) is 0 Å². The van der Waals surface area contributed by atoms with E-state index in [-0.39, 0.29) is 5.78 Å². The van der Waals surface area contributed by atoms with Crippen LogP contribution in [-0.2, 0) is 25.7 Å². The zero-order valence-electron chi connectivity index (χ0n) is 24.6. The minimum Gasteiger partial charge on any atom is -0.318 e. The molecule has 6 rings (SSSR count). The predicted molar refractivity (Wildman–Crippen MR) is 179 cm³/mol. The SMILES string of the molecule is CC(=O)ON=C(C)c1ccc(-n2c3ccc(C(=O)c4cccs4)cc3c3cc(/C(Cc4cccs4)=N/OC(C)=O)ccc32)cc1. The largest absolute Gasteiger partial charge is 0.331 e. The van der Waals surface area contributed by atoms with E-state index in [1.165, 1.54) is 25.2 Å². The second kappa shape index (κ2) is 12.8. The smallest absolute Gasteiger partial charge is 0.318 e. The van der Waals surface area contributed by atoms with Crippen molar-refractivity contribution in [3.05, 3.63) is 122 Å². The number of nitrogens with zero attached hydrogens (tertiary/aromatic N) is 3. The Labute approximate surface area is 266 Å². The molecule has 0 atom stereocenters. The topological polar surface area (TPSA) is 99.3 Å². The van der Waals surface area contributed by atoms with E-state index in [0.717, 1.165) is 43.5 Å². The molecule has 3 heterocycles. The van der Waals surface area contributed by atoms with Crippen molar-refractivity contribution >= 4 is 73.6 Å². The van der Waals surface area contributed by atoms with Gasteiger partial charge in [-0.3, -0.25) is 4.79 Å². The molecule has 0 aliphatic carbocycles. The molecular weight excluding hydrogens is 607 g/mol. The highest BCUT2D eigenvalue weighted by Gasteiger charge is 2.18.